The Labute approximate surface area is 258 Å². The normalized spacial score (nSPS) is 13.6. The van der Waals surface area contributed by atoms with Gasteiger partial charge in [0, 0.05) is 29.8 Å². The molecule has 6 rings (SSSR count). The fourth-order valence-corrected chi connectivity index (χ4v) is 5.28. The van der Waals surface area contributed by atoms with Gasteiger partial charge in [-0.1, -0.05) is 55.1 Å². The van der Waals surface area contributed by atoms with Gasteiger partial charge in [0.05, 0.1) is 23.4 Å². The number of hydrogen-bond acceptors (Lipinski definition) is 5. The van der Waals surface area contributed by atoms with Gasteiger partial charge >= 0.3 is 6.18 Å². The summed E-state index contributed by atoms with van der Waals surface area (Å²) in [4.78, 5) is 24.8. The van der Waals surface area contributed by atoms with E-state index in [1.165, 1.54) is 11.0 Å². The highest BCUT2D eigenvalue weighted by atomic mass is 19.4. The number of rotatable bonds is 9. The molecule has 1 aliphatic rings. The highest BCUT2D eigenvalue weighted by Gasteiger charge is 2.35. The van der Waals surface area contributed by atoms with Crippen LogP contribution in [0.3, 0.4) is 0 Å². The van der Waals surface area contributed by atoms with Crippen LogP contribution < -0.4 is 0 Å². The molecular formula is C36H32F3N3O3. The van der Waals surface area contributed by atoms with Crippen molar-refractivity contribution in [1.29, 1.82) is 0 Å². The van der Waals surface area contributed by atoms with Gasteiger partial charge in [0.2, 0.25) is 5.76 Å². The number of alkyl halides is 3. The van der Waals surface area contributed by atoms with Crippen LogP contribution in [0.2, 0.25) is 0 Å². The Morgan fingerprint density at radius 2 is 1.73 bits per heavy atom. The number of allylic oxidation sites excluding steroid dienone is 1. The lowest BCUT2D eigenvalue weighted by Gasteiger charge is -2.24. The maximum atomic E-state index is 14.2. The van der Waals surface area contributed by atoms with E-state index < -0.39 is 17.4 Å². The fourth-order valence-electron chi connectivity index (χ4n) is 5.28. The summed E-state index contributed by atoms with van der Waals surface area (Å²) >= 11 is 0. The van der Waals surface area contributed by atoms with Crippen LogP contribution in [0.25, 0.3) is 22.2 Å². The van der Waals surface area contributed by atoms with Crippen molar-refractivity contribution >= 4 is 16.9 Å². The molecule has 0 bridgehead atoms. The maximum absolute atomic E-state index is 14.2. The lowest BCUT2D eigenvalue weighted by molar-refractivity contribution is -0.153. The van der Waals surface area contributed by atoms with Crippen molar-refractivity contribution in [3.63, 3.8) is 0 Å². The number of amides is 1. The molecule has 1 fully saturated rings. The predicted octanol–water partition coefficient (Wildman–Crippen LogP) is 8.98. The standard InChI is InChI=1S/C36H32F3N3O3/c1-22(43)35(2,3)27-7-4-6-26(18-27)24-11-9-23(10-12-24)20-42(21-28-15-16-32(45-28)36(37,38)39)34(44)29-19-31(25-13-14-25)41-30-8-5-17-40-33(29)30/h4-12,15-19,25,43H,1,13-14,20-21H2,2-3H3. The van der Waals surface area contributed by atoms with Crippen LogP contribution in [0.5, 0.6) is 0 Å². The Morgan fingerprint density at radius 1 is 0.978 bits per heavy atom. The minimum atomic E-state index is -4.63. The molecule has 2 aromatic carbocycles. The van der Waals surface area contributed by atoms with Crippen LogP contribution in [-0.4, -0.2) is 25.9 Å². The van der Waals surface area contributed by atoms with Gasteiger partial charge in [-0.2, -0.15) is 13.2 Å². The molecule has 9 heteroatoms. The number of fused-ring (bicyclic) bond motifs is 1. The topological polar surface area (TPSA) is 79.5 Å². The van der Waals surface area contributed by atoms with Crippen LogP contribution >= 0.6 is 0 Å². The number of nitrogens with zero attached hydrogens (tertiary/aromatic N) is 3. The summed E-state index contributed by atoms with van der Waals surface area (Å²) in [5.41, 5.74) is 5.15. The smallest absolute Gasteiger partial charge is 0.449 e. The SMILES string of the molecule is C=C(O)C(C)(C)c1cccc(-c2ccc(CN(Cc3ccc(C(F)(F)F)o3)C(=O)c3cc(C4CC4)nc4cccnc34)cc2)c1. The van der Waals surface area contributed by atoms with Crippen molar-refractivity contribution in [2.75, 3.05) is 0 Å². The summed E-state index contributed by atoms with van der Waals surface area (Å²) < 4.78 is 45.1. The van der Waals surface area contributed by atoms with E-state index in [0.29, 0.717) is 16.6 Å². The summed E-state index contributed by atoms with van der Waals surface area (Å²) in [6.45, 7) is 7.45. The molecule has 5 aromatic rings. The van der Waals surface area contributed by atoms with E-state index in [2.05, 4.69) is 11.6 Å². The van der Waals surface area contributed by atoms with E-state index in [1.54, 1.807) is 18.3 Å². The van der Waals surface area contributed by atoms with E-state index >= 15 is 0 Å². The van der Waals surface area contributed by atoms with E-state index in [-0.39, 0.29) is 36.4 Å². The zero-order chi connectivity index (χ0) is 31.9. The number of carbonyl (C=O) groups excluding carboxylic acids is 1. The van der Waals surface area contributed by atoms with Crippen LogP contribution in [-0.2, 0) is 24.7 Å². The van der Waals surface area contributed by atoms with Gasteiger partial charge in [-0.25, -0.2) is 0 Å². The molecule has 6 nitrogen and oxygen atoms in total. The quantitative estimate of drug-likeness (QED) is 0.168. The van der Waals surface area contributed by atoms with Crippen molar-refractivity contribution < 1.29 is 27.5 Å². The number of pyridine rings is 2. The van der Waals surface area contributed by atoms with Gasteiger partial charge in [0.1, 0.15) is 11.3 Å². The molecule has 0 spiro atoms. The van der Waals surface area contributed by atoms with Gasteiger partial charge in [0.25, 0.3) is 5.91 Å². The van der Waals surface area contributed by atoms with Crippen LogP contribution in [0.15, 0.2) is 102 Å². The summed E-state index contributed by atoms with van der Waals surface area (Å²) in [7, 11) is 0. The molecule has 0 unspecified atom stereocenters. The molecule has 45 heavy (non-hydrogen) atoms. The number of aliphatic hydroxyl groups is 1. The highest BCUT2D eigenvalue weighted by molar-refractivity contribution is 6.04. The minimum absolute atomic E-state index is 0.0194. The molecule has 0 aliphatic heterocycles. The number of aromatic nitrogens is 2. The van der Waals surface area contributed by atoms with E-state index in [1.807, 2.05) is 68.4 Å². The number of hydrogen-bond donors (Lipinski definition) is 1. The number of benzene rings is 2. The van der Waals surface area contributed by atoms with Gasteiger partial charge in [-0.15, -0.1) is 0 Å². The summed E-state index contributed by atoms with van der Waals surface area (Å²) in [6, 6.07) is 22.9. The molecule has 1 aliphatic carbocycles. The first-order chi connectivity index (χ1) is 21.4. The van der Waals surface area contributed by atoms with Crippen molar-refractivity contribution in [1.82, 2.24) is 14.9 Å². The first kappa shape index (κ1) is 30.1. The van der Waals surface area contributed by atoms with E-state index in [9.17, 15) is 23.1 Å². The Balaban J connectivity index is 1.33. The minimum Gasteiger partial charge on any atom is -0.512 e. The van der Waals surface area contributed by atoms with Crippen LogP contribution in [0.1, 0.15) is 71.3 Å². The van der Waals surface area contributed by atoms with Crippen LogP contribution in [0.4, 0.5) is 13.2 Å². The Hall–Kier alpha value is -4.92. The van der Waals surface area contributed by atoms with E-state index in [0.717, 1.165) is 46.9 Å². The van der Waals surface area contributed by atoms with Crippen molar-refractivity contribution in [2.45, 2.75) is 57.3 Å². The average Bonchev–Trinajstić information content (AvgIpc) is 3.77. The molecule has 3 aromatic heterocycles. The molecule has 0 radical (unpaired) electrons. The second kappa shape index (κ2) is 11.5. The monoisotopic (exact) mass is 611 g/mol. The summed E-state index contributed by atoms with van der Waals surface area (Å²) in [6.07, 6.45) is -1.06. The second-order valence-corrected chi connectivity index (χ2v) is 12.0. The second-order valence-electron chi connectivity index (χ2n) is 12.0. The van der Waals surface area contributed by atoms with Crippen molar-refractivity contribution in [3.05, 3.63) is 131 Å². The first-order valence-electron chi connectivity index (χ1n) is 14.7. The summed E-state index contributed by atoms with van der Waals surface area (Å²) in [5.74, 6) is -1.13. The van der Waals surface area contributed by atoms with Gasteiger partial charge < -0.3 is 14.4 Å². The Bertz CT molecular complexity index is 1890. The van der Waals surface area contributed by atoms with Crippen molar-refractivity contribution in [2.24, 2.45) is 0 Å². The molecule has 1 saturated carbocycles. The zero-order valence-electron chi connectivity index (χ0n) is 24.9. The lowest BCUT2D eigenvalue weighted by atomic mass is 9.82. The molecular weight excluding hydrogens is 579 g/mol. The highest BCUT2D eigenvalue weighted by Crippen LogP contribution is 2.40. The lowest BCUT2D eigenvalue weighted by Crippen LogP contribution is -2.30. The molecule has 230 valence electrons. The zero-order valence-corrected chi connectivity index (χ0v) is 24.9. The van der Waals surface area contributed by atoms with Gasteiger partial charge in [0.15, 0.2) is 0 Å². The molecule has 3 heterocycles. The van der Waals surface area contributed by atoms with Crippen LogP contribution in [0, 0.1) is 0 Å². The third-order valence-electron chi connectivity index (χ3n) is 8.35. The fraction of sp³-hybridized carbons (Fsp3) is 0.250. The third-order valence-corrected chi connectivity index (χ3v) is 8.35. The predicted molar refractivity (Wildman–Crippen MR) is 165 cm³/mol. The number of aliphatic hydroxyl groups excluding tert-OH is 1. The molecule has 0 atom stereocenters. The third kappa shape index (κ3) is 6.34. The number of furan rings is 1. The number of carbonyl (C=O) groups is 1. The maximum Gasteiger partial charge on any atom is 0.449 e. The molecule has 0 saturated heterocycles. The molecule has 1 amide bonds. The van der Waals surface area contributed by atoms with Gasteiger partial charge in [-0.05, 0) is 79.3 Å². The molecule has 1 N–H and O–H groups in total. The van der Waals surface area contributed by atoms with Crippen molar-refractivity contribution in [3.8, 4) is 11.1 Å². The summed E-state index contributed by atoms with van der Waals surface area (Å²) in [5, 5.41) is 10.1. The van der Waals surface area contributed by atoms with E-state index in [4.69, 9.17) is 9.40 Å². The largest absolute Gasteiger partial charge is 0.512 e. The average molecular weight is 612 g/mol. The Morgan fingerprint density at radius 3 is 2.40 bits per heavy atom. The Kier molecular flexibility index (Phi) is 7.72. The first-order valence-corrected chi connectivity index (χ1v) is 14.7. The van der Waals surface area contributed by atoms with Gasteiger partial charge in [-0.3, -0.25) is 14.8 Å². The number of halogens is 3.